The average Bonchev–Trinajstić information content (AvgIpc) is 3.43. The molecule has 2 N–H and O–H groups in total. The van der Waals surface area contributed by atoms with Crippen LogP contribution in [-0.4, -0.2) is 55.9 Å². The number of anilines is 2. The van der Waals surface area contributed by atoms with Crippen molar-refractivity contribution in [2.45, 2.75) is 31.0 Å². The van der Waals surface area contributed by atoms with Gasteiger partial charge in [-0.2, -0.15) is 13.2 Å². The molecule has 0 saturated carbocycles. The van der Waals surface area contributed by atoms with Gasteiger partial charge in [-0.05, 0) is 43.2 Å². The van der Waals surface area contributed by atoms with Gasteiger partial charge in [0.15, 0.2) is 5.06 Å². The van der Waals surface area contributed by atoms with E-state index < -0.39 is 29.3 Å². The lowest BCUT2D eigenvalue weighted by molar-refractivity contribution is -0.137. The summed E-state index contributed by atoms with van der Waals surface area (Å²) in [6.45, 7) is 1.15. The van der Waals surface area contributed by atoms with E-state index in [0.29, 0.717) is 17.4 Å². The molecule has 0 radical (unpaired) electrons. The molecule has 1 atom stereocenters. The van der Waals surface area contributed by atoms with Gasteiger partial charge in [-0.1, -0.05) is 22.9 Å². The van der Waals surface area contributed by atoms with Crippen LogP contribution in [0.15, 0.2) is 30.3 Å². The van der Waals surface area contributed by atoms with Gasteiger partial charge in [0, 0.05) is 38.9 Å². The molecule has 0 spiro atoms. The Morgan fingerprint density at radius 1 is 1.20 bits per heavy atom. The Bertz CT molecular complexity index is 1090. The number of rotatable bonds is 5. The van der Waals surface area contributed by atoms with Crippen LogP contribution < -0.4 is 20.4 Å². The van der Waals surface area contributed by atoms with Crippen LogP contribution in [0.2, 0.25) is 4.34 Å². The number of hydrazine groups is 1. The highest BCUT2D eigenvalue weighted by Crippen LogP contribution is 2.39. The standard InChI is InChI=1S/C22H24ClF3N4O4S/c1-29-9-2-3-10-30(29)16-5-4-14(12-15(16)22(24,25)26)27-19(31)21(8-11-33-13-21)28-20(32)34-18-7-6-17(23)35-18/h4-7,12H,2-3,8-11,13H2,1H3,(H,27,31)(H,28,32). The lowest BCUT2D eigenvalue weighted by atomic mass is 9.97. The number of nitrogens with zero attached hydrogens (tertiary/aromatic N) is 2. The Balaban J connectivity index is 1.53. The number of hydrogen-bond acceptors (Lipinski definition) is 7. The second-order valence-corrected chi connectivity index (χ2v) is 10.0. The zero-order chi connectivity index (χ0) is 25.2. The van der Waals surface area contributed by atoms with Crippen molar-refractivity contribution in [3.8, 4) is 5.06 Å². The average molecular weight is 533 g/mol. The summed E-state index contributed by atoms with van der Waals surface area (Å²) in [7, 11) is 1.74. The molecule has 3 heterocycles. The number of halogens is 4. The largest absolute Gasteiger partial charge is 0.418 e. The molecule has 2 aliphatic rings. The molecule has 2 fully saturated rings. The first-order valence-corrected chi connectivity index (χ1v) is 12.1. The minimum Gasteiger partial charge on any atom is -0.399 e. The number of ether oxygens (including phenoxy) is 2. The van der Waals surface area contributed by atoms with Crippen molar-refractivity contribution in [3.05, 3.63) is 40.2 Å². The fraction of sp³-hybridized carbons (Fsp3) is 0.455. The van der Waals surface area contributed by atoms with Gasteiger partial charge in [-0.3, -0.25) is 4.79 Å². The number of hydrogen-bond donors (Lipinski definition) is 2. The van der Waals surface area contributed by atoms with Gasteiger partial charge in [0.05, 0.1) is 22.2 Å². The summed E-state index contributed by atoms with van der Waals surface area (Å²) in [4.78, 5) is 25.6. The van der Waals surface area contributed by atoms with E-state index in [4.69, 9.17) is 21.1 Å². The minimum atomic E-state index is -4.63. The highest BCUT2D eigenvalue weighted by atomic mass is 35.5. The van der Waals surface area contributed by atoms with Gasteiger partial charge in [-0.25, -0.2) is 9.80 Å². The Morgan fingerprint density at radius 2 is 1.97 bits per heavy atom. The van der Waals surface area contributed by atoms with Crippen LogP contribution in [0.5, 0.6) is 5.06 Å². The van der Waals surface area contributed by atoms with Gasteiger partial charge < -0.3 is 25.1 Å². The first-order valence-electron chi connectivity index (χ1n) is 10.9. The van der Waals surface area contributed by atoms with E-state index in [0.717, 1.165) is 30.2 Å². The summed E-state index contributed by atoms with van der Waals surface area (Å²) in [6.07, 6.45) is -3.72. The third-order valence-electron chi connectivity index (χ3n) is 5.89. The van der Waals surface area contributed by atoms with E-state index in [9.17, 15) is 22.8 Å². The normalized spacial score (nSPS) is 21.1. The number of benzene rings is 1. The Kier molecular flexibility index (Phi) is 7.46. The zero-order valence-corrected chi connectivity index (χ0v) is 20.4. The summed E-state index contributed by atoms with van der Waals surface area (Å²) in [5.74, 6) is -0.702. The molecule has 8 nitrogen and oxygen atoms in total. The molecular weight excluding hydrogens is 509 g/mol. The lowest BCUT2D eigenvalue weighted by Crippen LogP contribution is -2.58. The van der Waals surface area contributed by atoms with E-state index in [1.54, 1.807) is 23.1 Å². The predicted molar refractivity (Wildman–Crippen MR) is 126 cm³/mol. The van der Waals surface area contributed by atoms with Gasteiger partial charge in [-0.15, -0.1) is 0 Å². The minimum absolute atomic E-state index is 0.0212. The van der Waals surface area contributed by atoms with Crippen molar-refractivity contribution >= 4 is 46.3 Å². The molecule has 0 aliphatic carbocycles. The second kappa shape index (κ2) is 10.2. The summed E-state index contributed by atoms with van der Waals surface area (Å²) in [6, 6.07) is 6.73. The highest BCUT2D eigenvalue weighted by molar-refractivity contribution is 7.17. The van der Waals surface area contributed by atoms with E-state index in [1.807, 2.05) is 0 Å². The monoisotopic (exact) mass is 532 g/mol. The fourth-order valence-corrected chi connectivity index (χ4v) is 4.95. The first kappa shape index (κ1) is 25.5. The number of amides is 2. The number of carbonyl (C=O) groups is 2. The van der Waals surface area contributed by atoms with Crippen molar-refractivity contribution in [1.82, 2.24) is 10.3 Å². The topological polar surface area (TPSA) is 83.1 Å². The van der Waals surface area contributed by atoms with Crippen LogP contribution >= 0.6 is 22.9 Å². The molecule has 35 heavy (non-hydrogen) atoms. The second-order valence-electron chi connectivity index (χ2n) is 8.35. The maximum atomic E-state index is 13.9. The maximum absolute atomic E-state index is 13.9. The Labute approximate surface area is 208 Å². The van der Waals surface area contributed by atoms with Crippen LogP contribution in [0.1, 0.15) is 24.8 Å². The third-order valence-corrected chi connectivity index (χ3v) is 7.00. The smallest absolute Gasteiger partial charge is 0.399 e. The van der Waals surface area contributed by atoms with Crippen LogP contribution in [0.3, 0.4) is 0 Å². The molecule has 1 aromatic heterocycles. The molecule has 1 aromatic carbocycles. The van der Waals surface area contributed by atoms with Crippen LogP contribution in [0.4, 0.5) is 29.3 Å². The van der Waals surface area contributed by atoms with Gasteiger partial charge in [0.2, 0.25) is 0 Å². The Hall–Kier alpha value is -2.54. The molecular formula is C22H24ClF3N4O4S. The lowest BCUT2D eigenvalue weighted by Gasteiger charge is -2.39. The van der Waals surface area contributed by atoms with Crippen LogP contribution in [0, 0.1) is 0 Å². The van der Waals surface area contributed by atoms with Crippen molar-refractivity contribution in [2.75, 3.05) is 43.7 Å². The fourth-order valence-electron chi connectivity index (χ4n) is 4.08. The molecule has 2 aromatic rings. The molecule has 1 unspecified atom stereocenters. The predicted octanol–water partition coefficient (Wildman–Crippen LogP) is 4.75. The van der Waals surface area contributed by atoms with Crippen LogP contribution in [-0.2, 0) is 15.7 Å². The van der Waals surface area contributed by atoms with Crippen molar-refractivity contribution in [2.24, 2.45) is 0 Å². The zero-order valence-electron chi connectivity index (χ0n) is 18.8. The van der Waals surface area contributed by atoms with E-state index in [-0.39, 0.29) is 36.1 Å². The number of alkyl halides is 3. The molecule has 2 aliphatic heterocycles. The van der Waals surface area contributed by atoms with Crippen molar-refractivity contribution < 1.29 is 32.2 Å². The molecule has 2 saturated heterocycles. The SMILES string of the molecule is CN1CCCCN1c1ccc(NC(=O)C2(NC(=O)Oc3ccc(Cl)s3)CCOC2)cc1C(F)(F)F. The Morgan fingerprint density at radius 3 is 2.60 bits per heavy atom. The third kappa shape index (κ3) is 5.83. The van der Waals surface area contributed by atoms with Gasteiger partial charge >= 0.3 is 12.3 Å². The van der Waals surface area contributed by atoms with Crippen molar-refractivity contribution in [3.63, 3.8) is 0 Å². The number of thiophene rings is 1. The van der Waals surface area contributed by atoms with Gasteiger partial charge in [0.1, 0.15) is 5.54 Å². The van der Waals surface area contributed by atoms with E-state index >= 15 is 0 Å². The number of carbonyl (C=O) groups excluding carboxylic acids is 2. The number of nitrogens with one attached hydrogen (secondary N) is 2. The quantitative estimate of drug-likeness (QED) is 0.578. The van der Waals surface area contributed by atoms with E-state index in [1.165, 1.54) is 18.2 Å². The maximum Gasteiger partial charge on any atom is 0.418 e. The van der Waals surface area contributed by atoms with E-state index in [2.05, 4.69) is 10.6 Å². The summed E-state index contributed by atoms with van der Waals surface area (Å²) < 4.78 is 52.7. The highest BCUT2D eigenvalue weighted by Gasteiger charge is 2.45. The van der Waals surface area contributed by atoms with Gasteiger partial charge in [0.25, 0.3) is 5.91 Å². The first-order chi connectivity index (χ1) is 16.6. The molecule has 2 amide bonds. The molecule has 190 valence electrons. The summed E-state index contributed by atoms with van der Waals surface area (Å²) >= 11 is 6.87. The summed E-state index contributed by atoms with van der Waals surface area (Å²) in [5.41, 5.74) is -2.38. The molecule has 0 bridgehead atoms. The summed E-state index contributed by atoms with van der Waals surface area (Å²) in [5, 5.41) is 8.61. The van der Waals surface area contributed by atoms with Crippen LogP contribution in [0.25, 0.3) is 0 Å². The van der Waals surface area contributed by atoms with Crippen molar-refractivity contribution in [1.29, 1.82) is 0 Å². The molecule has 4 rings (SSSR count). The molecule has 13 heteroatoms.